The standard InChI is InChI=1S/C22H26N2O/c1-17(22-14-19-10-5-6-12-21(19)25-22)23-20-11-7-13-24(16-20)15-18-8-3-2-4-9-18/h2-6,8-10,12,14,17,20,23H,7,11,13,15-16H2,1H3. The molecule has 2 heterocycles. The quantitative estimate of drug-likeness (QED) is 0.730. The Kier molecular flexibility index (Phi) is 4.86. The zero-order valence-corrected chi connectivity index (χ0v) is 14.8. The van der Waals surface area contributed by atoms with Crippen molar-refractivity contribution in [1.29, 1.82) is 0 Å². The van der Waals surface area contributed by atoms with E-state index in [2.05, 4.69) is 65.7 Å². The number of piperidine rings is 1. The average molecular weight is 334 g/mol. The molecule has 130 valence electrons. The third-order valence-corrected chi connectivity index (χ3v) is 5.11. The molecule has 0 aliphatic carbocycles. The maximum absolute atomic E-state index is 6.02. The van der Waals surface area contributed by atoms with Gasteiger partial charge in [0.2, 0.25) is 0 Å². The zero-order chi connectivity index (χ0) is 17.1. The fraction of sp³-hybridized carbons (Fsp3) is 0.364. The Morgan fingerprint density at radius 3 is 2.76 bits per heavy atom. The molecule has 2 unspecified atom stereocenters. The molecule has 4 rings (SSSR count). The lowest BCUT2D eigenvalue weighted by Crippen LogP contribution is -2.45. The Morgan fingerprint density at radius 1 is 1.12 bits per heavy atom. The van der Waals surface area contributed by atoms with E-state index in [1.54, 1.807) is 0 Å². The number of benzene rings is 2. The molecule has 0 radical (unpaired) electrons. The van der Waals surface area contributed by atoms with Gasteiger partial charge in [0.05, 0.1) is 6.04 Å². The van der Waals surface area contributed by atoms with E-state index in [9.17, 15) is 0 Å². The summed E-state index contributed by atoms with van der Waals surface area (Å²) in [6.07, 6.45) is 2.48. The summed E-state index contributed by atoms with van der Waals surface area (Å²) in [5, 5.41) is 4.96. The van der Waals surface area contributed by atoms with Gasteiger partial charge in [-0.3, -0.25) is 4.90 Å². The van der Waals surface area contributed by atoms with E-state index < -0.39 is 0 Å². The molecular weight excluding hydrogens is 308 g/mol. The van der Waals surface area contributed by atoms with Crippen molar-refractivity contribution in [1.82, 2.24) is 10.2 Å². The van der Waals surface area contributed by atoms with Gasteiger partial charge in [-0.15, -0.1) is 0 Å². The predicted molar refractivity (Wildman–Crippen MR) is 103 cm³/mol. The largest absolute Gasteiger partial charge is 0.459 e. The van der Waals surface area contributed by atoms with Crippen molar-refractivity contribution in [3.05, 3.63) is 72.0 Å². The van der Waals surface area contributed by atoms with Crippen molar-refractivity contribution >= 4 is 11.0 Å². The molecule has 0 saturated carbocycles. The van der Waals surface area contributed by atoms with Crippen LogP contribution in [0.15, 0.2) is 65.1 Å². The van der Waals surface area contributed by atoms with Gasteiger partial charge in [-0.05, 0) is 44.0 Å². The molecule has 2 aromatic carbocycles. The highest BCUT2D eigenvalue weighted by atomic mass is 16.3. The third-order valence-electron chi connectivity index (χ3n) is 5.11. The minimum atomic E-state index is 0.231. The minimum Gasteiger partial charge on any atom is -0.459 e. The van der Waals surface area contributed by atoms with Gasteiger partial charge in [-0.1, -0.05) is 48.5 Å². The fourth-order valence-electron chi connectivity index (χ4n) is 3.83. The summed E-state index contributed by atoms with van der Waals surface area (Å²) in [4.78, 5) is 2.56. The second kappa shape index (κ2) is 7.42. The third kappa shape index (κ3) is 3.94. The van der Waals surface area contributed by atoms with Crippen LogP contribution < -0.4 is 5.32 Å². The van der Waals surface area contributed by atoms with Crippen LogP contribution in [0.3, 0.4) is 0 Å². The van der Waals surface area contributed by atoms with Crippen LogP contribution in [0.5, 0.6) is 0 Å². The molecule has 1 aliphatic rings. The molecule has 3 nitrogen and oxygen atoms in total. The number of para-hydroxylation sites is 1. The summed E-state index contributed by atoms with van der Waals surface area (Å²) >= 11 is 0. The second-order valence-electron chi connectivity index (χ2n) is 7.13. The SMILES string of the molecule is CC(NC1CCCN(Cc2ccccc2)C1)c1cc2ccccc2o1. The van der Waals surface area contributed by atoms with Crippen LogP contribution in [0.2, 0.25) is 0 Å². The van der Waals surface area contributed by atoms with Gasteiger partial charge in [-0.25, -0.2) is 0 Å². The van der Waals surface area contributed by atoms with E-state index >= 15 is 0 Å². The summed E-state index contributed by atoms with van der Waals surface area (Å²) < 4.78 is 6.02. The van der Waals surface area contributed by atoms with Crippen LogP contribution in [-0.4, -0.2) is 24.0 Å². The number of hydrogen-bond acceptors (Lipinski definition) is 3. The van der Waals surface area contributed by atoms with Crippen LogP contribution in [0.1, 0.15) is 37.1 Å². The molecule has 1 aliphatic heterocycles. The molecule has 1 aromatic heterocycles. The number of rotatable bonds is 5. The highest BCUT2D eigenvalue weighted by Gasteiger charge is 2.22. The molecule has 3 heteroatoms. The molecule has 0 amide bonds. The number of nitrogens with one attached hydrogen (secondary N) is 1. The number of fused-ring (bicyclic) bond motifs is 1. The molecule has 0 spiro atoms. The van der Waals surface area contributed by atoms with Crippen molar-refractivity contribution < 1.29 is 4.42 Å². The second-order valence-corrected chi connectivity index (χ2v) is 7.13. The van der Waals surface area contributed by atoms with Crippen molar-refractivity contribution in [2.75, 3.05) is 13.1 Å². The van der Waals surface area contributed by atoms with E-state index in [0.29, 0.717) is 6.04 Å². The lowest BCUT2D eigenvalue weighted by Gasteiger charge is -2.34. The maximum atomic E-state index is 6.02. The van der Waals surface area contributed by atoms with Crippen LogP contribution >= 0.6 is 0 Å². The summed E-state index contributed by atoms with van der Waals surface area (Å²) in [5.74, 6) is 1.03. The van der Waals surface area contributed by atoms with Crippen LogP contribution in [0, 0.1) is 0 Å². The smallest absolute Gasteiger partial charge is 0.134 e. The maximum Gasteiger partial charge on any atom is 0.134 e. The lowest BCUT2D eigenvalue weighted by molar-refractivity contribution is 0.175. The first-order valence-corrected chi connectivity index (χ1v) is 9.29. The number of furan rings is 1. The Labute approximate surface area is 149 Å². The zero-order valence-electron chi connectivity index (χ0n) is 14.8. The Hall–Kier alpha value is -2.10. The fourth-order valence-corrected chi connectivity index (χ4v) is 3.83. The molecule has 0 bridgehead atoms. The van der Waals surface area contributed by atoms with Gasteiger partial charge in [0.25, 0.3) is 0 Å². The Balaban J connectivity index is 1.38. The van der Waals surface area contributed by atoms with Gasteiger partial charge in [0.15, 0.2) is 0 Å². The highest BCUT2D eigenvalue weighted by Crippen LogP contribution is 2.25. The van der Waals surface area contributed by atoms with Gasteiger partial charge in [0.1, 0.15) is 11.3 Å². The van der Waals surface area contributed by atoms with Crippen LogP contribution in [0.25, 0.3) is 11.0 Å². The Bertz CT molecular complexity index is 778. The van der Waals surface area contributed by atoms with E-state index in [0.717, 1.165) is 24.4 Å². The summed E-state index contributed by atoms with van der Waals surface area (Å²) in [7, 11) is 0. The molecule has 2 atom stereocenters. The molecule has 1 N–H and O–H groups in total. The van der Waals surface area contributed by atoms with E-state index in [-0.39, 0.29) is 6.04 Å². The summed E-state index contributed by atoms with van der Waals surface area (Å²) in [6.45, 7) is 5.53. The van der Waals surface area contributed by atoms with E-state index in [1.165, 1.54) is 30.3 Å². The topological polar surface area (TPSA) is 28.4 Å². The van der Waals surface area contributed by atoms with E-state index in [4.69, 9.17) is 4.42 Å². The van der Waals surface area contributed by atoms with E-state index in [1.807, 2.05) is 12.1 Å². The molecule has 3 aromatic rings. The minimum absolute atomic E-state index is 0.231. The van der Waals surface area contributed by atoms with Crippen molar-refractivity contribution in [2.45, 2.75) is 38.4 Å². The first-order chi connectivity index (χ1) is 12.3. The van der Waals surface area contributed by atoms with Crippen molar-refractivity contribution in [2.24, 2.45) is 0 Å². The monoisotopic (exact) mass is 334 g/mol. The number of likely N-dealkylation sites (tertiary alicyclic amines) is 1. The first-order valence-electron chi connectivity index (χ1n) is 9.29. The van der Waals surface area contributed by atoms with Gasteiger partial charge < -0.3 is 9.73 Å². The molecule has 1 saturated heterocycles. The number of hydrogen-bond donors (Lipinski definition) is 1. The lowest BCUT2D eigenvalue weighted by atomic mass is 10.0. The Morgan fingerprint density at radius 2 is 1.92 bits per heavy atom. The predicted octanol–water partition coefficient (Wildman–Crippen LogP) is 4.75. The number of nitrogens with zero attached hydrogens (tertiary/aromatic N) is 1. The van der Waals surface area contributed by atoms with Crippen LogP contribution in [0.4, 0.5) is 0 Å². The van der Waals surface area contributed by atoms with Gasteiger partial charge in [-0.2, -0.15) is 0 Å². The highest BCUT2D eigenvalue weighted by molar-refractivity contribution is 5.77. The van der Waals surface area contributed by atoms with Crippen LogP contribution in [-0.2, 0) is 6.54 Å². The summed E-state index contributed by atoms with van der Waals surface area (Å²) in [5.41, 5.74) is 2.37. The van der Waals surface area contributed by atoms with Crippen molar-refractivity contribution in [3.8, 4) is 0 Å². The first kappa shape index (κ1) is 16.4. The van der Waals surface area contributed by atoms with Crippen molar-refractivity contribution in [3.63, 3.8) is 0 Å². The average Bonchev–Trinajstić information content (AvgIpc) is 3.07. The van der Waals surface area contributed by atoms with Gasteiger partial charge in [0, 0.05) is 24.5 Å². The normalized spacial score (nSPS) is 20.0. The molecular formula is C22H26N2O. The van der Waals surface area contributed by atoms with Gasteiger partial charge >= 0.3 is 0 Å². The molecule has 1 fully saturated rings. The molecule has 25 heavy (non-hydrogen) atoms. The summed E-state index contributed by atoms with van der Waals surface area (Å²) in [6, 6.07) is 21.9.